The summed E-state index contributed by atoms with van der Waals surface area (Å²) in [6, 6.07) is 15.4. The molecule has 0 saturated carbocycles. The summed E-state index contributed by atoms with van der Waals surface area (Å²) in [4.78, 5) is 2.50. The molecule has 3 aromatic rings. The van der Waals surface area contributed by atoms with Gasteiger partial charge in [0.25, 0.3) is 0 Å². The molecule has 7 nitrogen and oxygen atoms in total. The zero-order valence-corrected chi connectivity index (χ0v) is 19.7. The van der Waals surface area contributed by atoms with Gasteiger partial charge in [0.15, 0.2) is 5.82 Å². The number of benzene rings is 2. The van der Waals surface area contributed by atoms with E-state index in [1.165, 1.54) is 0 Å². The monoisotopic (exact) mass is 452 g/mol. The van der Waals surface area contributed by atoms with Gasteiger partial charge in [0, 0.05) is 31.7 Å². The highest BCUT2D eigenvalue weighted by molar-refractivity contribution is 7.89. The molecule has 4 rings (SSSR count). The van der Waals surface area contributed by atoms with Gasteiger partial charge in [-0.2, -0.15) is 4.31 Å². The highest BCUT2D eigenvalue weighted by atomic mass is 32.2. The predicted molar refractivity (Wildman–Crippen MR) is 126 cm³/mol. The van der Waals surface area contributed by atoms with Crippen LogP contribution in [0.4, 0.5) is 5.82 Å². The number of anilines is 1. The summed E-state index contributed by atoms with van der Waals surface area (Å²) < 4.78 is 33.6. The average molecular weight is 453 g/mol. The minimum absolute atomic E-state index is 0.408. The van der Waals surface area contributed by atoms with Crippen molar-refractivity contribution in [3.05, 3.63) is 65.2 Å². The van der Waals surface area contributed by atoms with Crippen LogP contribution in [0.3, 0.4) is 0 Å². The third-order valence-electron chi connectivity index (χ3n) is 5.80. The van der Waals surface area contributed by atoms with E-state index in [0.717, 1.165) is 39.5 Å². The Morgan fingerprint density at radius 3 is 2.12 bits per heavy atom. The van der Waals surface area contributed by atoms with Crippen molar-refractivity contribution in [3.63, 3.8) is 0 Å². The van der Waals surface area contributed by atoms with Crippen molar-refractivity contribution < 1.29 is 13.2 Å². The molecule has 168 valence electrons. The number of piperazine rings is 1. The average Bonchev–Trinajstić information content (AvgIpc) is 2.78. The van der Waals surface area contributed by atoms with Crippen LogP contribution in [0.25, 0.3) is 11.3 Å². The fourth-order valence-electron chi connectivity index (χ4n) is 4.35. The number of hydrogen-bond acceptors (Lipinski definition) is 6. The fraction of sp³-hybridized carbons (Fsp3) is 0.333. The predicted octanol–water partition coefficient (Wildman–Crippen LogP) is 3.59. The maximum atomic E-state index is 13.3. The van der Waals surface area contributed by atoms with E-state index < -0.39 is 10.0 Å². The summed E-state index contributed by atoms with van der Waals surface area (Å²) in [6.07, 6.45) is 0. The van der Waals surface area contributed by atoms with Crippen molar-refractivity contribution in [2.45, 2.75) is 25.7 Å². The molecule has 1 aliphatic rings. The van der Waals surface area contributed by atoms with E-state index in [4.69, 9.17) is 4.74 Å². The third kappa shape index (κ3) is 4.20. The molecule has 2 heterocycles. The molecule has 0 aliphatic carbocycles. The standard InChI is InChI=1S/C24H28N4O3S/c1-17-15-18(2)24(19(3)16-17)32(29,30)28-13-11-27(12-14-28)23-10-9-21(25-26-23)20-7-5-6-8-22(20)31-4/h5-10,15-16H,11-14H2,1-4H3. The molecular formula is C24H28N4O3S. The topological polar surface area (TPSA) is 75.6 Å². The lowest BCUT2D eigenvalue weighted by Gasteiger charge is -2.35. The number of aryl methyl sites for hydroxylation is 3. The fourth-order valence-corrected chi connectivity index (χ4v) is 6.19. The Kier molecular flexibility index (Phi) is 6.17. The second-order valence-corrected chi connectivity index (χ2v) is 9.97. The van der Waals surface area contributed by atoms with Gasteiger partial charge in [0.1, 0.15) is 5.75 Å². The van der Waals surface area contributed by atoms with Crippen LogP contribution >= 0.6 is 0 Å². The van der Waals surface area contributed by atoms with Gasteiger partial charge in [-0.1, -0.05) is 29.8 Å². The van der Waals surface area contributed by atoms with Crippen molar-refractivity contribution in [1.82, 2.24) is 14.5 Å². The molecular weight excluding hydrogens is 424 g/mol. The lowest BCUT2D eigenvalue weighted by Crippen LogP contribution is -2.49. The van der Waals surface area contributed by atoms with Crippen LogP contribution < -0.4 is 9.64 Å². The second-order valence-electron chi connectivity index (χ2n) is 8.10. The number of aromatic nitrogens is 2. The van der Waals surface area contributed by atoms with E-state index in [0.29, 0.717) is 31.1 Å². The smallest absolute Gasteiger partial charge is 0.243 e. The number of methoxy groups -OCH3 is 1. The van der Waals surface area contributed by atoms with E-state index in [2.05, 4.69) is 15.1 Å². The van der Waals surface area contributed by atoms with Gasteiger partial charge in [0.2, 0.25) is 10.0 Å². The Hall–Kier alpha value is -2.97. The minimum atomic E-state index is -3.54. The number of sulfonamides is 1. The normalized spacial score (nSPS) is 15.1. The van der Waals surface area contributed by atoms with E-state index >= 15 is 0 Å². The van der Waals surface area contributed by atoms with Crippen molar-refractivity contribution >= 4 is 15.8 Å². The highest BCUT2D eigenvalue weighted by Gasteiger charge is 2.31. The number of hydrogen-bond donors (Lipinski definition) is 0. The SMILES string of the molecule is COc1ccccc1-c1ccc(N2CCN(S(=O)(=O)c3c(C)cc(C)cc3C)CC2)nn1. The number of para-hydroxylation sites is 1. The van der Waals surface area contributed by atoms with Crippen molar-refractivity contribution in [1.29, 1.82) is 0 Å². The van der Waals surface area contributed by atoms with Gasteiger partial charge in [-0.3, -0.25) is 0 Å². The van der Waals surface area contributed by atoms with E-state index in [-0.39, 0.29) is 0 Å². The summed E-state index contributed by atoms with van der Waals surface area (Å²) in [7, 11) is -1.91. The maximum absolute atomic E-state index is 13.3. The molecule has 0 amide bonds. The van der Waals surface area contributed by atoms with Gasteiger partial charge in [-0.25, -0.2) is 8.42 Å². The molecule has 1 aliphatic heterocycles. The van der Waals surface area contributed by atoms with Gasteiger partial charge in [-0.15, -0.1) is 10.2 Å². The quantitative estimate of drug-likeness (QED) is 0.589. The van der Waals surface area contributed by atoms with Crippen LogP contribution in [0.5, 0.6) is 5.75 Å². The summed E-state index contributed by atoms with van der Waals surface area (Å²) in [6.45, 7) is 7.65. The van der Waals surface area contributed by atoms with Crippen LogP contribution in [-0.2, 0) is 10.0 Å². The first kappa shape index (κ1) is 22.2. The van der Waals surface area contributed by atoms with E-state index in [1.807, 2.05) is 69.3 Å². The molecule has 1 fully saturated rings. The maximum Gasteiger partial charge on any atom is 0.243 e. The minimum Gasteiger partial charge on any atom is -0.496 e. The van der Waals surface area contributed by atoms with Crippen molar-refractivity contribution in [2.24, 2.45) is 0 Å². The number of nitrogens with zero attached hydrogens (tertiary/aromatic N) is 4. The van der Waals surface area contributed by atoms with Crippen LogP contribution in [0, 0.1) is 20.8 Å². The molecule has 0 N–H and O–H groups in total. The zero-order chi connectivity index (χ0) is 22.9. The summed E-state index contributed by atoms with van der Waals surface area (Å²) in [5, 5.41) is 8.77. The summed E-state index contributed by atoms with van der Waals surface area (Å²) in [5.41, 5.74) is 4.27. The second kappa shape index (κ2) is 8.88. The van der Waals surface area contributed by atoms with Gasteiger partial charge >= 0.3 is 0 Å². The largest absolute Gasteiger partial charge is 0.496 e. The zero-order valence-electron chi connectivity index (χ0n) is 18.9. The van der Waals surface area contributed by atoms with Crippen molar-refractivity contribution in [2.75, 3.05) is 38.2 Å². The Labute approximate surface area is 189 Å². The number of rotatable bonds is 5. The van der Waals surface area contributed by atoms with Gasteiger partial charge in [-0.05, 0) is 56.2 Å². The molecule has 8 heteroatoms. The molecule has 0 spiro atoms. The van der Waals surface area contributed by atoms with Crippen LogP contribution in [0.1, 0.15) is 16.7 Å². The van der Waals surface area contributed by atoms with Crippen molar-refractivity contribution in [3.8, 4) is 17.0 Å². The first-order chi connectivity index (χ1) is 15.3. The first-order valence-electron chi connectivity index (χ1n) is 10.6. The molecule has 32 heavy (non-hydrogen) atoms. The van der Waals surface area contributed by atoms with Crippen LogP contribution in [-0.4, -0.2) is 56.2 Å². The molecule has 0 bridgehead atoms. The Morgan fingerprint density at radius 1 is 0.875 bits per heavy atom. The third-order valence-corrected chi connectivity index (χ3v) is 8.00. The Morgan fingerprint density at radius 2 is 1.53 bits per heavy atom. The summed E-state index contributed by atoms with van der Waals surface area (Å²) in [5.74, 6) is 1.48. The lowest BCUT2D eigenvalue weighted by atomic mass is 10.1. The van der Waals surface area contributed by atoms with Gasteiger partial charge < -0.3 is 9.64 Å². The molecule has 0 unspecified atom stereocenters. The lowest BCUT2D eigenvalue weighted by molar-refractivity contribution is 0.383. The molecule has 1 aromatic heterocycles. The Bertz CT molecular complexity index is 1200. The Balaban J connectivity index is 1.48. The highest BCUT2D eigenvalue weighted by Crippen LogP contribution is 2.29. The first-order valence-corrected chi connectivity index (χ1v) is 12.1. The molecule has 0 atom stereocenters. The van der Waals surface area contributed by atoms with Gasteiger partial charge in [0.05, 0.1) is 17.7 Å². The van der Waals surface area contributed by atoms with Crippen LogP contribution in [0.15, 0.2) is 53.4 Å². The van der Waals surface area contributed by atoms with Crippen LogP contribution in [0.2, 0.25) is 0 Å². The molecule has 2 aromatic carbocycles. The van der Waals surface area contributed by atoms with E-state index in [1.54, 1.807) is 11.4 Å². The molecule has 1 saturated heterocycles. The summed E-state index contributed by atoms with van der Waals surface area (Å²) >= 11 is 0. The number of ether oxygens (including phenoxy) is 1. The van der Waals surface area contributed by atoms with E-state index in [9.17, 15) is 8.42 Å². The molecule has 0 radical (unpaired) electrons.